The third-order valence-electron chi connectivity index (χ3n) is 4.40. The predicted octanol–water partition coefficient (Wildman–Crippen LogP) is 0.543. The second kappa shape index (κ2) is 7.07. The van der Waals surface area contributed by atoms with E-state index in [2.05, 4.69) is 0 Å². The highest BCUT2D eigenvalue weighted by Crippen LogP contribution is 2.22. The molecule has 2 saturated heterocycles. The summed E-state index contributed by atoms with van der Waals surface area (Å²) in [5.41, 5.74) is 0. The standard InChI is InChI=1S/C14H26N2O4S/c1-3-15(9-12-6-8-20-11-12)14(17)13-5-4-7-16(10-13)21(2,18)19/h12-13H,3-11H2,1-2H3/t12-,13-/m0/s1. The Hall–Kier alpha value is -0.660. The summed E-state index contributed by atoms with van der Waals surface area (Å²) in [7, 11) is -3.20. The van der Waals surface area contributed by atoms with Crippen molar-refractivity contribution in [1.82, 2.24) is 9.21 Å². The van der Waals surface area contributed by atoms with Crippen LogP contribution in [0.1, 0.15) is 26.2 Å². The zero-order valence-corrected chi connectivity index (χ0v) is 13.8. The summed E-state index contributed by atoms with van der Waals surface area (Å²) in [4.78, 5) is 14.5. The molecule has 0 unspecified atom stereocenters. The molecule has 6 nitrogen and oxygen atoms in total. The fourth-order valence-corrected chi connectivity index (χ4v) is 4.03. The number of rotatable bonds is 5. The minimum absolute atomic E-state index is 0.0951. The van der Waals surface area contributed by atoms with Gasteiger partial charge in [-0.15, -0.1) is 0 Å². The van der Waals surface area contributed by atoms with E-state index in [1.54, 1.807) is 0 Å². The Morgan fingerprint density at radius 1 is 1.38 bits per heavy atom. The summed E-state index contributed by atoms with van der Waals surface area (Å²) >= 11 is 0. The van der Waals surface area contributed by atoms with Crippen molar-refractivity contribution in [3.05, 3.63) is 0 Å². The van der Waals surface area contributed by atoms with E-state index in [9.17, 15) is 13.2 Å². The summed E-state index contributed by atoms with van der Waals surface area (Å²) in [5, 5.41) is 0. The van der Waals surface area contributed by atoms with Crippen LogP contribution < -0.4 is 0 Å². The van der Waals surface area contributed by atoms with Crippen LogP contribution >= 0.6 is 0 Å². The second-order valence-electron chi connectivity index (χ2n) is 6.07. The van der Waals surface area contributed by atoms with Gasteiger partial charge >= 0.3 is 0 Å². The molecule has 21 heavy (non-hydrogen) atoms. The molecule has 7 heteroatoms. The molecule has 2 aliphatic heterocycles. The van der Waals surface area contributed by atoms with E-state index < -0.39 is 10.0 Å². The summed E-state index contributed by atoms with van der Waals surface area (Å²) in [6, 6.07) is 0. The van der Waals surface area contributed by atoms with Crippen LogP contribution in [-0.4, -0.2) is 69.2 Å². The third kappa shape index (κ3) is 4.40. The predicted molar refractivity (Wildman–Crippen MR) is 80.3 cm³/mol. The Morgan fingerprint density at radius 3 is 2.71 bits per heavy atom. The van der Waals surface area contributed by atoms with Gasteiger partial charge in [-0.2, -0.15) is 0 Å². The van der Waals surface area contributed by atoms with Crippen LogP contribution in [0.4, 0.5) is 0 Å². The first-order chi connectivity index (χ1) is 9.91. The molecule has 0 N–H and O–H groups in total. The molecule has 2 fully saturated rings. The lowest BCUT2D eigenvalue weighted by Crippen LogP contribution is -2.47. The lowest BCUT2D eigenvalue weighted by molar-refractivity contribution is -0.137. The highest BCUT2D eigenvalue weighted by Gasteiger charge is 2.33. The lowest BCUT2D eigenvalue weighted by atomic mass is 9.97. The Balaban J connectivity index is 1.96. The molecule has 2 heterocycles. The Kier molecular flexibility index (Phi) is 5.62. The van der Waals surface area contributed by atoms with Crippen molar-refractivity contribution in [2.24, 2.45) is 11.8 Å². The number of piperidine rings is 1. The van der Waals surface area contributed by atoms with Gasteiger partial charge in [-0.3, -0.25) is 4.79 Å². The molecule has 2 atom stereocenters. The highest BCUT2D eigenvalue weighted by atomic mass is 32.2. The van der Waals surface area contributed by atoms with E-state index in [0.717, 1.165) is 39.0 Å². The van der Waals surface area contributed by atoms with Crippen LogP contribution in [0.25, 0.3) is 0 Å². The Labute approximate surface area is 127 Å². The molecular formula is C14H26N2O4S. The van der Waals surface area contributed by atoms with Crippen LogP contribution in [-0.2, 0) is 19.6 Å². The molecule has 0 saturated carbocycles. The minimum Gasteiger partial charge on any atom is -0.381 e. The van der Waals surface area contributed by atoms with E-state index in [-0.39, 0.29) is 11.8 Å². The van der Waals surface area contributed by atoms with Gasteiger partial charge in [-0.25, -0.2) is 12.7 Å². The van der Waals surface area contributed by atoms with E-state index in [1.807, 2.05) is 11.8 Å². The summed E-state index contributed by atoms with van der Waals surface area (Å²) in [6.07, 6.45) is 3.76. The molecule has 0 spiro atoms. The summed E-state index contributed by atoms with van der Waals surface area (Å²) < 4.78 is 30.1. The zero-order chi connectivity index (χ0) is 15.5. The van der Waals surface area contributed by atoms with Crippen molar-refractivity contribution in [3.8, 4) is 0 Å². The Morgan fingerprint density at radius 2 is 2.14 bits per heavy atom. The summed E-state index contributed by atoms with van der Waals surface area (Å²) in [6.45, 7) is 5.74. The van der Waals surface area contributed by atoms with Gasteiger partial charge < -0.3 is 9.64 Å². The number of sulfonamides is 1. The second-order valence-corrected chi connectivity index (χ2v) is 8.05. The number of hydrogen-bond acceptors (Lipinski definition) is 4. The fraction of sp³-hybridized carbons (Fsp3) is 0.929. The normalized spacial score (nSPS) is 27.7. The topological polar surface area (TPSA) is 66.9 Å². The van der Waals surface area contributed by atoms with Gasteiger partial charge in [0.1, 0.15) is 0 Å². The maximum Gasteiger partial charge on any atom is 0.227 e. The first-order valence-corrected chi connectivity index (χ1v) is 9.58. The van der Waals surface area contributed by atoms with Gasteiger partial charge in [-0.05, 0) is 26.2 Å². The van der Waals surface area contributed by atoms with Crippen molar-refractivity contribution in [1.29, 1.82) is 0 Å². The van der Waals surface area contributed by atoms with Gasteiger partial charge in [0, 0.05) is 38.7 Å². The Bertz CT molecular complexity index is 460. The quantitative estimate of drug-likeness (QED) is 0.742. The first kappa shape index (κ1) is 16.7. The fourth-order valence-electron chi connectivity index (χ4n) is 3.12. The number of hydrogen-bond donors (Lipinski definition) is 0. The average molecular weight is 318 g/mol. The number of amides is 1. The SMILES string of the molecule is CCN(C[C@@H]1CCOC1)C(=O)[C@H]1CCCN(S(C)(=O)=O)C1. The molecule has 2 aliphatic rings. The van der Waals surface area contributed by atoms with Crippen LogP contribution in [0.5, 0.6) is 0 Å². The molecule has 1 amide bonds. The van der Waals surface area contributed by atoms with E-state index in [4.69, 9.17) is 4.74 Å². The van der Waals surface area contributed by atoms with E-state index >= 15 is 0 Å². The molecule has 122 valence electrons. The van der Waals surface area contributed by atoms with Crippen LogP contribution in [0.2, 0.25) is 0 Å². The van der Waals surface area contributed by atoms with Gasteiger partial charge in [-0.1, -0.05) is 0 Å². The molecule has 0 bridgehead atoms. The van der Waals surface area contributed by atoms with Crippen molar-refractivity contribution in [2.45, 2.75) is 26.2 Å². The molecule has 0 aliphatic carbocycles. The molecule has 0 aromatic heterocycles. The number of ether oxygens (including phenoxy) is 1. The van der Waals surface area contributed by atoms with Crippen LogP contribution in [0.15, 0.2) is 0 Å². The number of carbonyl (C=O) groups is 1. The van der Waals surface area contributed by atoms with E-state index in [1.165, 1.54) is 10.6 Å². The number of nitrogens with zero attached hydrogens (tertiary/aromatic N) is 2. The van der Waals surface area contributed by atoms with Gasteiger partial charge in [0.15, 0.2) is 0 Å². The van der Waals surface area contributed by atoms with E-state index in [0.29, 0.717) is 25.6 Å². The molecule has 0 radical (unpaired) electrons. The first-order valence-electron chi connectivity index (χ1n) is 7.73. The maximum absolute atomic E-state index is 12.7. The molecule has 2 rings (SSSR count). The van der Waals surface area contributed by atoms with Crippen molar-refractivity contribution < 1.29 is 17.9 Å². The summed E-state index contributed by atoms with van der Waals surface area (Å²) in [5.74, 6) is 0.317. The monoisotopic (exact) mass is 318 g/mol. The molecule has 0 aromatic rings. The van der Waals surface area contributed by atoms with Gasteiger partial charge in [0.25, 0.3) is 0 Å². The van der Waals surface area contributed by atoms with Crippen molar-refractivity contribution in [2.75, 3.05) is 45.6 Å². The zero-order valence-electron chi connectivity index (χ0n) is 13.0. The molecular weight excluding hydrogens is 292 g/mol. The minimum atomic E-state index is -3.20. The largest absolute Gasteiger partial charge is 0.381 e. The molecule has 0 aromatic carbocycles. The number of carbonyl (C=O) groups excluding carboxylic acids is 1. The van der Waals surface area contributed by atoms with Gasteiger partial charge in [0.05, 0.1) is 18.8 Å². The van der Waals surface area contributed by atoms with Crippen molar-refractivity contribution >= 4 is 15.9 Å². The maximum atomic E-state index is 12.7. The average Bonchev–Trinajstić information content (AvgIpc) is 2.96. The smallest absolute Gasteiger partial charge is 0.227 e. The van der Waals surface area contributed by atoms with Crippen LogP contribution in [0.3, 0.4) is 0 Å². The highest BCUT2D eigenvalue weighted by molar-refractivity contribution is 7.88. The van der Waals surface area contributed by atoms with Crippen molar-refractivity contribution in [3.63, 3.8) is 0 Å². The third-order valence-corrected chi connectivity index (χ3v) is 5.67. The van der Waals surface area contributed by atoms with Crippen LogP contribution in [0, 0.1) is 11.8 Å². The van der Waals surface area contributed by atoms with Gasteiger partial charge in [0.2, 0.25) is 15.9 Å². The lowest BCUT2D eigenvalue weighted by Gasteiger charge is -2.34.